The summed E-state index contributed by atoms with van der Waals surface area (Å²) in [6.45, 7) is 1.83. The maximum absolute atomic E-state index is 12.2. The summed E-state index contributed by atoms with van der Waals surface area (Å²) in [5, 5.41) is 11.3. The Balaban J connectivity index is 2.26. The van der Waals surface area contributed by atoms with Crippen LogP contribution in [-0.2, 0) is 18.2 Å². The van der Waals surface area contributed by atoms with Gasteiger partial charge in [-0.05, 0) is 18.6 Å². The molecule has 0 aromatic carbocycles. The number of rotatable bonds is 3. The maximum Gasteiger partial charge on any atom is 0.347 e. The van der Waals surface area contributed by atoms with Gasteiger partial charge in [0.1, 0.15) is 11.4 Å². The number of aryl methyl sites for hydroxylation is 1. The van der Waals surface area contributed by atoms with Crippen LogP contribution in [0.1, 0.15) is 22.8 Å². The zero-order valence-corrected chi connectivity index (χ0v) is 13.6. The second-order valence-electron chi connectivity index (χ2n) is 5.44. The number of aromatic nitrogens is 3. The van der Waals surface area contributed by atoms with E-state index in [1.807, 2.05) is 36.9 Å². The number of H-pyrrole nitrogens is 1. The Labute approximate surface area is 137 Å². The van der Waals surface area contributed by atoms with Crippen molar-refractivity contribution < 1.29 is 14.6 Å². The quantitative estimate of drug-likeness (QED) is 0.717. The van der Waals surface area contributed by atoms with Gasteiger partial charge in [-0.2, -0.15) is 0 Å². The van der Waals surface area contributed by atoms with Gasteiger partial charge in [0.05, 0.1) is 12.8 Å². The molecule has 3 aromatic rings. The van der Waals surface area contributed by atoms with Gasteiger partial charge >= 0.3 is 5.97 Å². The third-order valence-corrected chi connectivity index (χ3v) is 4.03. The molecule has 0 radical (unpaired) electrons. The number of carbonyl (C=O) groups excluding carboxylic acids is 1. The number of ether oxygens (including phenoxy) is 1. The van der Waals surface area contributed by atoms with E-state index in [-0.39, 0.29) is 11.3 Å². The lowest BCUT2D eigenvalue weighted by molar-refractivity contribution is 0.0595. The summed E-state index contributed by atoms with van der Waals surface area (Å²) in [5.41, 5.74) is 1.31. The summed E-state index contributed by atoms with van der Waals surface area (Å²) in [5.74, 6) is -1.22. The summed E-state index contributed by atoms with van der Waals surface area (Å²) >= 11 is 0. The molecule has 0 aliphatic heterocycles. The first-order valence-electron chi connectivity index (χ1n) is 7.45. The van der Waals surface area contributed by atoms with Crippen molar-refractivity contribution in [1.29, 1.82) is 0 Å². The maximum atomic E-state index is 12.2. The Bertz CT molecular complexity index is 1000. The van der Waals surface area contributed by atoms with Crippen LogP contribution in [-0.4, -0.2) is 32.7 Å². The Morgan fingerprint density at radius 3 is 2.88 bits per heavy atom. The highest BCUT2D eigenvalue weighted by molar-refractivity contribution is 5.93. The molecule has 0 aliphatic rings. The van der Waals surface area contributed by atoms with Crippen LogP contribution in [0.2, 0.25) is 0 Å². The van der Waals surface area contributed by atoms with Crippen molar-refractivity contribution in [3.63, 3.8) is 0 Å². The normalized spacial score (nSPS) is 11.0. The molecule has 0 bridgehead atoms. The second-order valence-corrected chi connectivity index (χ2v) is 5.44. The van der Waals surface area contributed by atoms with E-state index in [9.17, 15) is 14.7 Å². The van der Waals surface area contributed by atoms with E-state index < -0.39 is 11.5 Å². The minimum atomic E-state index is -0.869. The van der Waals surface area contributed by atoms with Gasteiger partial charge in [0.15, 0.2) is 5.56 Å². The number of methoxy groups -OCH3 is 1. The number of nitrogens with zero attached hydrogens (tertiary/aromatic N) is 2. The SMILES string of the molecule is CCc1c(-c2cnc3c(ccn3C)c2)[nH]c(=O)c(C(=O)OC)c1O. The van der Waals surface area contributed by atoms with Gasteiger partial charge in [0, 0.05) is 36.0 Å². The highest BCUT2D eigenvalue weighted by atomic mass is 16.5. The van der Waals surface area contributed by atoms with Gasteiger partial charge in [0.25, 0.3) is 5.56 Å². The van der Waals surface area contributed by atoms with Crippen LogP contribution in [0.4, 0.5) is 0 Å². The first kappa shape index (κ1) is 15.8. The molecule has 124 valence electrons. The molecule has 3 aromatic heterocycles. The van der Waals surface area contributed by atoms with E-state index in [0.29, 0.717) is 23.2 Å². The van der Waals surface area contributed by atoms with E-state index in [1.165, 1.54) is 0 Å². The first-order chi connectivity index (χ1) is 11.5. The molecule has 7 nitrogen and oxygen atoms in total. The second kappa shape index (κ2) is 5.84. The zero-order chi connectivity index (χ0) is 17.4. The van der Waals surface area contributed by atoms with Crippen LogP contribution in [0.15, 0.2) is 29.3 Å². The molecular formula is C17H17N3O4. The Morgan fingerprint density at radius 2 is 2.21 bits per heavy atom. The molecule has 0 aliphatic carbocycles. The summed E-state index contributed by atoms with van der Waals surface area (Å²) in [6.07, 6.45) is 3.95. The van der Waals surface area contributed by atoms with E-state index in [4.69, 9.17) is 0 Å². The van der Waals surface area contributed by atoms with Crippen molar-refractivity contribution in [1.82, 2.24) is 14.5 Å². The fourth-order valence-corrected chi connectivity index (χ4v) is 2.80. The molecule has 2 N–H and O–H groups in total. The Morgan fingerprint density at radius 1 is 1.46 bits per heavy atom. The summed E-state index contributed by atoms with van der Waals surface area (Å²) in [6, 6.07) is 3.79. The Kier molecular flexibility index (Phi) is 3.84. The van der Waals surface area contributed by atoms with Gasteiger partial charge in [-0.1, -0.05) is 6.92 Å². The summed E-state index contributed by atoms with van der Waals surface area (Å²) in [4.78, 5) is 31.0. The number of hydrogen-bond donors (Lipinski definition) is 2. The summed E-state index contributed by atoms with van der Waals surface area (Å²) in [7, 11) is 3.05. The topological polar surface area (TPSA) is 97.2 Å². The molecule has 0 spiro atoms. The smallest absolute Gasteiger partial charge is 0.347 e. The van der Waals surface area contributed by atoms with Crippen LogP contribution < -0.4 is 5.56 Å². The van der Waals surface area contributed by atoms with Crippen LogP contribution in [0.5, 0.6) is 5.75 Å². The third kappa shape index (κ3) is 2.34. The molecular weight excluding hydrogens is 310 g/mol. The van der Waals surface area contributed by atoms with Crippen molar-refractivity contribution in [3.8, 4) is 17.0 Å². The lowest BCUT2D eigenvalue weighted by atomic mass is 10.0. The van der Waals surface area contributed by atoms with E-state index in [2.05, 4.69) is 14.7 Å². The number of aromatic amines is 1. The van der Waals surface area contributed by atoms with Gasteiger partial charge in [-0.3, -0.25) is 4.79 Å². The first-order valence-corrected chi connectivity index (χ1v) is 7.45. The monoisotopic (exact) mass is 327 g/mol. The van der Waals surface area contributed by atoms with Gasteiger partial charge in [0.2, 0.25) is 0 Å². The van der Waals surface area contributed by atoms with E-state index in [1.54, 1.807) is 6.20 Å². The average Bonchev–Trinajstić information content (AvgIpc) is 2.94. The number of nitrogens with one attached hydrogen (secondary N) is 1. The molecule has 0 fully saturated rings. The molecule has 0 saturated heterocycles. The molecule has 24 heavy (non-hydrogen) atoms. The van der Waals surface area contributed by atoms with E-state index >= 15 is 0 Å². The van der Waals surface area contributed by atoms with Crippen LogP contribution >= 0.6 is 0 Å². The number of pyridine rings is 2. The van der Waals surface area contributed by atoms with Crippen molar-refractivity contribution in [2.24, 2.45) is 7.05 Å². The molecule has 0 atom stereocenters. The summed E-state index contributed by atoms with van der Waals surface area (Å²) < 4.78 is 6.46. The number of aromatic hydroxyl groups is 1. The standard InChI is InChI=1S/C17H17N3O4/c1-4-11-13(19-16(22)12(14(11)21)17(23)24-3)10-7-9-5-6-20(2)15(9)18-8-10/h5-8H,4H2,1-3H3,(H2,19,21,22). The minimum Gasteiger partial charge on any atom is -0.506 e. The number of esters is 1. The fourth-order valence-electron chi connectivity index (χ4n) is 2.80. The lowest BCUT2D eigenvalue weighted by Crippen LogP contribution is -2.21. The number of carbonyl (C=O) groups is 1. The molecule has 0 saturated carbocycles. The lowest BCUT2D eigenvalue weighted by Gasteiger charge is -2.12. The highest BCUT2D eigenvalue weighted by Crippen LogP contribution is 2.31. The van der Waals surface area contributed by atoms with Crippen LogP contribution in [0, 0.1) is 0 Å². The highest BCUT2D eigenvalue weighted by Gasteiger charge is 2.23. The zero-order valence-electron chi connectivity index (χ0n) is 13.6. The van der Waals surface area contributed by atoms with E-state index in [0.717, 1.165) is 18.1 Å². The molecule has 0 unspecified atom stereocenters. The van der Waals surface area contributed by atoms with Gasteiger partial charge < -0.3 is 19.4 Å². The molecule has 7 heteroatoms. The number of hydrogen-bond acceptors (Lipinski definition) is 5. The largest absolute Gasteiger partial charge is 0.506 e. The van der Waals surface area contributed by atoms with Crippen molar-refractivity contribution >= 4 is 17.0 Å². The predicted octanol–water partition coefficient (Wildman–Crippen LogP) is 1.98. The van der Waals surface area contributed by atoms with Gasteiger partial charge in [-0.25, -0.2) is 9.78 Å². The predicted molar refractivity (Wildman–Crippen MR) is 89.2 cm³/mol. The average molecular weight is 327 g/mol. The third-order valence-electron chi connectivity index (χ3n) is 4.03. The van der Waals surface area contributed by atoms with Crippen molar-refractivity contribution in [3.05, 3.63) is 46.0 Å². The van der Waals surface area contributed by atoms with Crippen molar-refractivity contribution in [2.75, 3.05) is 7.11 Å². The number of fused-ring (bicyclic) bond motifs is 1. The Hall–Kier alpha value is -3.09. The fraction of sp³-hybridized carbons (Fsp3) is 0.235. The molecule has 0 amide bonds. The van der Waals surface area contributed by atoms with Crippen molar-refractivity contribution in [2.45, 2.75) is 13.3 Å². The molecule has 3 heterocycles. The van der Waals surface area contributed by atoms with Crippen LogP contribution in [0.25, 0.3) is 22.3 Å². The minimum absolute atomic E-state index is 0.351. The molecule has 3 rings (SSSR count). The van der Waals surface area contributed by atoms with Gasteiger partial charge in [-0.15, -0.1) is 0 Å². The van der Waals surface area contributed by atoms with Crippen LogP contribution in [0.3, 0.4) is 0 Å².